The number of hydrogen-bond donors (Lipinski definition) is 1. The van der Waals surface area contributed by atoms with Gasteiger partial charge in [-0.2, -0.15) is 0 Å². The molecule has 0 saturated carbocycles. The highest BCUT2D eigenvalue weighted by molar-refractivity contribution is 9.10. The predicted molar refractivity (Wildman–Crippen MR) is 86.1 cm³/mol. The van der Waals surface area contributed by atoms with E-state index >= 15 is 0 Å². The van der Waals surface area contributed by atoms with Gasteiger partial charge in [-0.05, 0) is 32.0 Å². The summed E-state index contributed by atoms with van der Waals surface area (Å²) >= 11 is 3.42. The molecule has 0 fully saturated rings. The highest BCUT2D eigenvalue weighted by Gasteiger charge is 2.16. The zero-order chi connectivity index (χ0) is 15.2. The zero-order valence-corrected chi connectivity index (χ0v) is 14.6. The van der Waals surface area contributed by atoms with Gasteiger partial charge in [-0.3, -0.25) is 0 Å². The van der Waals surface area contributed by atoms with Gasteiger partial charge in [0.05, 0.1) is 12.9 Å². The summed E-state index contributed by atoms with van der Waals surface area (Å²) in [5.74, 6) is 1.25. The van der Waals surface area contributed by atoms with Crippen LogP contribution in [0.3, 0.4) is 0 Å². The highest BCUT2D eigenvalue weighted by Crippen LogP contribution is 2.30. The lowest BCUT2D eigenvalue weighted by Gasteiger charge is -2.19. The molecule has 0 aliphatic heterocycles. The minimum absolute atomic E-state index is 0.0881. The second-order valence-electron chi connectivity index (χ2n) is 4.61. The van der Waals surface area contributed by atoms with E-state index in [1.54, 1.807) is 14.0 Å². The van der Waals surface area contributed by atoms with Crippen LogP contribution in [0.1, 0.15) is 31.4 Å². The van der Waals surface area contributed by atoms with Gasteiger partial charge >= 0.3 is 0 Å². The van der Waals surface area contributed by atoms with Crippen LogP contribution in [0, 0.1) is 0 Å². The maximum atomic E-state index is 11.5. The summed E-state index contributed by atoms with van der Waals surface area (Å²) in [4.78, 5) is 0. The summed E-state index contributed by atoms with van der Waals surface area (Å²) in [5, 5.41) is 3.23. The van der Waals surface area contributed by atoms with Crippen LogP contribution in [0.25, 0.3) is 0 Å². The monoisotopic (exact) mass is 363 g/mol. The van der Waals surface area contributed by atoms with Gasteiger partial charge in [0.2, 0.25) is 0 Å². The Hall–Kier alpha value is -0.590. The number of methoxy groups -OCH3 is 1. The molecule has 6 heteroatoms. The minimum atomic E-state index is -2.89. The molecule has 0 amide bonds. The van der Waals surface area contributed by atoms with Crippen molar-refractivity contribution in [2.24, 2.45) is 0 Å². The standard InChI is InChI=1S/C14H22BrNO3S/c1-4-20(17,18)9-5-6-13(16-2)12-8-7-11(15)10-14(12)19-3/h7-8,10,13,16H,4-6,9H2,1-3H3. The molecule has 0 bridgehead atoms. The first-order valence-electron chi connectivity index (χ1n) is 6.64. The minimum Gasteiger partial charge on any atom is -0.496 e. The third kappa shape index (κ3) is 5.07. The molecule has 1 N–H and O–H groups in total. The Morgan fingerprint density at radius 2 is 2.10 bits per heavy atom. The van der Waals surface area contributed by atoms with Gasteiger partial charge in [0.15, 0.2) is 0 Å². The Bertz CT molecular complexity index is 531. The molecule has 1 unspecified atom stereocenters. The van der Waals surface area contributed by atoms with Crippen LogP contribution in [-0.4, -0.2) is 34.1 Å². The summed E-state index contributed by atoms with van der Waals surface area (Å²) in [6.45, 7) is 1.68. The topological polar surface area (TPSA) is 55.4 Å². The molecule has 0 aliphatic rings. The number of hydrogen-bond acceptors (Lipinski definition) is 4. The molecule has 4 nitrogen and oxygen atoms in total. The first-order valence-corrected chi connectivity index (χ1v) is 9.26. The average molecular weight is 364 g/mol. The lowest BCUT2D eigenvalue weighted by molar-refractivity contribution is 0.398. The molecule has 0 heterocycles. The van der Waals surface area contributed by atoms with Crippen LogP contribution in [0.2, 0.25) is 0 Å². The van der Waals surface area contributed by atoms with E-state index < -0.39 is 9.84 Å². The molecule has 0 aliphatic carbocycles. The summed E-state index contributed by atoms with van der Waals surface area (Å²) in [7, 11) is 0.619. The van der Waals surface area contributed by atoms with Crippen LogP contribution in [0.4, 0.5) is 0 Å². The predicted octanol–water partition coefficient (Wildman–Crippen LogP) is 2.93. The van der Waals surface area contributed by atoms with Gasteiger partial charge in [0, 0.05) is 21.8 Å². The second kappa shape index (κ2) is 8.00. The number of rotatable bonds is 8. The van der Waals surface area contributed by atoms with Gasteiger partial charge in [-0.25, -0.2) is 8.42 Å². The second-order valence-corrected chi connectivity index (χ2v) is 7.99. The number of benzene rings is 1. The summed E-state index contributed by atoms with van der Waals surface area (Å²) in [6, 6.07) is 5.97. The average Bonchev–Trinajstić information content (AvgIpc) is 2.44. The molecule has 1 aromatic rings. The van der Waals surface area contributed by atoms with Crippen LogP contribution >= 0.6 is 15.9 Å². The molecule has 0 aromatic heterocycles. The quantitative estimate of drug-likeness (QED) is 0.771. The first-order chi connectivity index (χ1) is 9.43. The van der Waals surface area contributed by atoms with Crippen LogP contribution in [0.15, 0.2) is 22.7 Å². The molecule has 114 valence electrons. The molecule has 20 heavy (non-hydrogen) atoms. The van der Waals surface area contributed by atoms with Crippen molar-refractivity contribution in [1.82, 2.24) is 5.32 Å². The highest BCUT2D eigenvalue weighted by atomic mass is 79.9. The van der Waals surface area contributed by atoms with Crippen LogP contribution in [-0.2, 0) is 9.84 Å². The Balaban J connectivity index is 2.76. The smallest absolute Gasteiger partial charge is 0.150 e. The van der Waals surface area contributed by atoms with E-state index in [0.717, 1.165) is 22.2 Å². The maximum absolute atomic E-state index is 11.5. The van der Waals surface area contributed by atoms with E-state index in [1.165, 1.54) is 0 Å². The Kier molecular flexibility index (Phi) is 6.99. The Labute approximate surface area is 130 Å². The SMILES string of the molecule is CCS(=O)(=O)CCCC(NC)c1ccc(Br)cc1OC. The summed E-state index contributed by atoms with van der Waals surface area (Å²) < 4.78 is 29.4. The van der Waals surface area contributed by atoms with Crippen molar-refractivity contribution in [3.8, 4) is 5.75 Å². The molecule has 0 spiro atoms. The van der Waals surface area contributed by atoms with Gasteiger partial charge in [-0.15, -0.1) is 0 Å². The van der Waals surface area contributed by atoms with Crippen molar-refractivity contribution in [2.45, 2.75) is 25.8 Å². The molecular formula is C14H22BrNO3S. The Morgan fingerprint density at radius 3 is 2.65 bits per heavy atom. The normalized spacial score (nSPS) is 13.2. The van der Waals surface area contributed by atoms with Crippen LogP contribution in [0.5, 0.6) is 5.75 Å². The molecule has 0 saturated heterocycles. The molecule has 1 atom stereocenters. The van der Waals surface area contributed by atoms with E-state index in [2.05, 4.69) is 21.2 Å². The lowest BCUT2D eigenvalue weighted by Crippen LogP contribution is -2.19. The van der Waals surface area contributed by atoms with Crippen molar-refractivity contribution in [3.05, 3.63) is 28.2 Å². The molecule has 1 rings (SSSR count). The third-order valence-electron chi connectivity index (χ3n) is 3.31. The molecule has 1 aromatic carbocycles. The van der Waals surface area contributed by atoms with Gasteiger partial charge in [0.1, 0.15) is 15.6 Å². The van der Waals surface area contributed by atoms with E-state index in [-0.39, 0.29) is 17.5 Å². The van der Waals surface area contributed by atoms with Crippen molar-refractivity contribution < 1.29 is 13.2 Å². The van der Waals surface area contributed by atoms with Crippen molar-refractivity contribution in [2.75, 3.05) is 25.7 Å². The van der Waals surface area contributed by atoms with E-state index in [9.17, 15) is 8.42 Å². The van der Waals surface area contributed by atoms with Crippen molar-refractivity contribution in [3.63, 3.8) is 0 Å². The van der Waals surface area contributed by atoms with E-state index in [0.29, 0.717) is 6.42 Å². The third-order valence-corrected chi connectivity index (χ3v) is 5.59. The number of sulfone groups is 1. The van der Waals surface area contributed by atoms with Crippen LogP contribution < -0.4 is 10.1 Å². The summed E-state index contributed by atoms with van der Waals surface area (Å²) in [6.07, 6.45) is 1.40. The van der Waals surface area contributed by atoms with Gasteiger partial charge < -0.3 is 10.1 Å². The van der Waals surface area contributed by atoms with Crippen molar-refractivity contribution >= 4 is 25.8 Å². The lowest BCUT2D eigenvalue weighted by atomic mass is 10.0. The fraction of sp³-hybridized carbons (Fsp3) is 0.571. The zero-order valence-electron chi connectivity index (χ0n) is 12.1. The Morgan fingerprint density at radius 1 is 1.40 bits per heavy atom. The molecule has 0 radical (unpaired) electrons. The largest absolute Gasteiger partial charge is 0.496 e. The fourth-order valence-electron chi connectivity index (χ4n) is 2.08. The van der Waals surface area contributed by atoms with E-state index in [1.807, 2.05) is 25.2 Å². The van der Waals surface area contributed by atoms with E-state index in [4.69, 9.17) is 4.74 Å². The van der Waals surface area contributed by atoms with Gasteiger partial charge in [-0.1, -0.05) is 28.9 Å². The number of ether oxygens (including phenoxy) is 1. The molecular weight excluding hydrogens is 342 g/mol. The number of nitrogens with one attached hydrogen (secondary N) is 1. The van der Waals surface area contributed by atoms with Gasteiger partial charge in [0.25, 0.3) is 0 Å². The number of halogens is 1. The fourth-order valence-corrected chi connectivity index (χ4v) is 3.32. The summed E-state index contributed by atoms with van der Waals surface area (Å²) in [5.41, 5.74) is 1.05. The van der Waals surface area contributed by atoms with Crippen molar-refractivity contribution in [1.29, 1.82) is 0 Å². The maximum Gasteiger partial charge on any atom is 0.150 e. The first kappa shape index (κ1) is 17.5.